The Morgan fingerprint density at radius 1 is 1.24 bits per heavy atom. The molecule has 10 heteroatoms. The summed E-state index contributed by atoms with van der Waals surface area (Å²) in [6.45, 7) is 8.63. The highest BCUT2D eigenvalue weighted by molar-refractivity contribution is 5.99. The number of ether oxygens (including phenoxy) is 2. The summed E-state index contributed by atoms with van der Waals surface area (Å²) in [5.41, 5.74) is 1.33. The third-order valence-electron chi connectivity index (χ3n) is 5.33. The minimum atomic E-state index is -0.915. The first-order chi connectivity index (χ1) is 15.5. The lowest BCUT2D eigenvalue weighted by atomic mass is 9.85. The Morgan fingerprint density at radius 3 is 2.45 bits per heavy atom. The second-order valence-corrected chi connectivity index (χ2v) is 7.89. The van der Waals surface area contributed by atoms with Crippen LogP contribution in [0.3, 0.4) is 0 Å². The lowest BCUT2D eigenvalue weighted by Gasteiger charge is -2.33. The second kappa shape index (κ2) is 10.8. The summed E-state index contributed by atoms with van der Waals surface area (Å²) in [5.74, 6) is -2.12. The first kappa shape index (κ1) is 25.6. The lowest BCUT2D eigenvalue weighted by molar-refractivity contribution is -0.384. The number of non-ortho nitro benzene ring substituents is 1. The van der Waals surface area contributed by atoms with Crippen molar-refractivity contribution in [3.63, 3.8) is 0 Å². The number of methoxy groups -OCH3 is 1. The van der Waals surface area contributed by atoms with E-state index in [1.807, 2.05) is 0 Å². The summed E-state index contributed by atoms with van der Waals surface area (Å²) in [6.07, 6.45) is 0.974. The molecule has 1 heterocycles. The summed E-state index contributed by atoms with van der Waals surface area (Å²) < 4.78 is 9.94. The molecule has 0 saturated carbocycles. The number of allylic oxidation sites excluding steroid dienone is 3. The Kier molecular flexibility index (Phi) is 8.33. The highest BCUT2D eigenvalue weighted by Crippen LogP contribution is 2.38. The van der Waals surface area contributed by atoms with Crippen LogP contribution in [0.1, 0.15) is 46.1 Å². The van der Waals surface area contributed by atoms with Crippen molar-refractivity contribution in [2.45, 2.75) is 46.6 Å². The molecule has 0 radical (unpaired) electrons. The average molecular weight is 459 g/mol. The van der Waals surface area contributed by atoms with Crippen LogP contribution in [0.4, 0.5) is 10.5 Å². The van der Waals surface area contributed by atoms with Crippen molar-refractivity contribution in [2.75, 3.05) is 13.7 Å². The zero-order chi connectivity index (χ0) is 24.9. The van der Waals surface area contributed by atoms with Crippen LogP contribution in [-0.2, 0) is 19.1 Å². The van der Waals surface area contributed by atoms with Crippen LogP contribution in [-0.4, -0.2) is 47.6 Å². The van der Waals surface area contributed by atoms with E-state index in [1.165, 1.54) is 30.2 Å². The Balaban J connectivity index is 2.59. The Bertz CT molecular complexity index is 1010. The topological polar surface area (TPSA) is 128 Å². The van der Waals surface area contributed by atoms with Gasteiger partial charge in [-0.15, -0.1) is 0 Å². The molecule has 1 aliphatic heterocycles. The zero-order valence-electron chi connectivity index (χ0n) is 19.6. The number of hydrogen-bond donors (Lipinski definition) is 1. The van der Waals surface area contributed by atoms with Gasteiger partial charge in [0.15, 0.2) is 0 Å². The Hall–Kier alpha value is -3.69. The van der Waals surface area contributed by atoms with Crippen molar-refractivity contribution in [3.05, 3.63) is 63.0 Å². The van der Waals surface area contributed by atoms with Crippen LogP contribution in [0, 0.1) is 16.0 Å². The van der Waals surface area contributed by atoms with Gasteiger partial charge >= 0.3 is 12.1 Å². The molecule has 0 aromatic heterocycles. The molecule has 0 fully saturated rings. The summed E-state index contributed by atoms with van der Waals surface area (Å²) in [5, 5.41) is 14.0. The predicted molar refractivity (Wildman–Crippen MR) is 120 cm³/mol. The number of carbonyl (C=O) groups excluding carboxylic acids is 3. The molecule has 33 heavy (non-hydrogen) atoms. The van der Waals surface area contributed by atoms with Crippen molar-refractivity contribution < 1.29 is 28.8 Å². The average Bonchev–Trinajstić information content (AvgIpc) is 2.76. The van der Waals surface area contributed by atoms with Crippen molar-refractivity contribution in [3.8, 4) is 0 Å². The van der Waals surface area contributed by atoms with E-state index in [4.69, 9.17) is 9.47 Å². The fraction of sp³-hybridized carbons (Fsp3) is 0.435. The van der Waals surface area contributed by atoms with Gasteiger partial charge in [-0.2, -0.15) is 0 Å². The van der Waals surface area contributed by atoms with E-state index in [2.05, 4.69) is 5.32 Å². The number of nitrogens with zero attached hydrogens (tertiary/aromatic N) is 2. The number of nitro groups is 1. The minimum Gasteiger partial charge on any atom is -0.464 e. The van der Waals surface area contributed by atoms with Crippen LogP contribution < -0.4 is 5.32 Å². The largest absolute Gasteiger partial charge is 0.464 e. The molecule has 1 aromatic rings. The van der Waals surface area contributed by atoms with Gasteiger partial charge in [-0.1, -0.05) is 32.1 Å². The van der Waals surface area contributed by atoms with E-state index < -0.39 is 34.9 Å². The maximum atomic E-state index is 13.5. The summed E-state index contributed by atoms with van der Waals surface area (Å²) in [7, 11) is 1.23. The molecule has 10 nitrogen and oxygen atoms in total. The fourth-order valence-electron chi connectivity index (χ4n) is 3.73. The van der Waals surface area contributed by atoms with E-state index in [1.54, 1.807) is 46.8 Å². The first-order valence-corrected chi connectivity index (χ1v) is 10.5. The Labute approximate surface area is 192 Å². The minimum absolute atomic E-state index is 0.127. The standard InChI is InChI=1S/C23H29N3O7/c1-7-33-22(28)20(13(2)3)24-21(27)19-15(5)25(23(29)32-6)14(4)11-18(19)16-9-8-10-17(12-16)26(30)31/h8-13,18,20H,7H2,1-6H3,(H,24,27)/t18?,20-/m0/s1. The van der Waals surface area contributed by atoms with Gasteiger partial charge < -0.3 is 14.8 Å². The van der Waals surface area contributed by atoms with Crippen molar-refractivity contribution in [1.29, 1.82) is 0 Å². The molecular formula is C23H29N3O7. The Morgan fingerprint density at radius 2 is 1.91 bits per heavy atom. The highest BCUT2D eigenvalue weighted by atomic mass is 16.6. The third kappa shape index (κ3) is 5.57. The van der Waals surface area contributed by atoms with Crippen LogP contribution in [0.5, 0.6) is 0 Å². The number of rotatable bonds is 7. The quantitative estimate of drug-likeness (QED) is 0.374. The molecular weight excluding hydrogens is 430 g/mol. The van der Waals surface area contributed by atoms with Crippen LogP contribution in [0.15, 0.2) is 47.3 Å². The number of esters is 1. The SMILES string of the molecule is CCOC(=O)[C@@H](NC(=O)C1=C(C)N(C(=O)OC)C(C)=CC1c1cccc([N+](=O)[O-])c1)C(C)C. The molecule has 178 valence electrons. The summed E-state index contributed by atoms with van der Waals surface area (Å²) in [4.78, 5) is 50.3. The summed E-state index contributed by atoms with van der Waals surface area (Å²) >= 11 is 0. The molecule has 2 amide bonds. The molecule has 1 aromatic carbocycles. The number of amides is 2. The van der Waals surface area contributed by atoms with Gasteiger partial charge in [0.1, 0.15) is 6.04 Å². The number of nitro benzene ring substituents is 1. The van der Waals surface area contributed by atoms with Gasteiger partial charge in [-0.3, -0.25) is 19.8 Å². The van der Waals surface area contributed by atoms with Crippen molar-refractivity contribution >= 4 is 23.7 Å². The third-order valence-corrected chi connectivity index (χ3v) is 5.33. The van der Waals surface area contributed by atoms with E-state index in [0.717, 1.165) is 0 Å². The molecule has 1 aliphatic rings. The highest BCUT2D eigenvalue weighted by Gasteiger charge is 2.36. The van der Waals surface area contributed by atoms with Gasteiger partial charge in [0.25, 0.3) is 11.6 Å². The second-order valence-electron chi connectivity index (χ2n) is 7.89. The van der Waals surface area contributed by atoms with Gasteiger partial charge in [0, 0.05) is 35.0 Å². The monoisotopic (exact) mass is 459 g/mol. The fourth-order valence-corrected chi connectivity index (χ4v) is 3.73. The molecule has 1 unspecified atom stereocenters. The first-order valence-electron chi connectivity index (χ1n) is 10.5. The molecule has 0 spiro atoms. The van der Waals surface area contributed by atoms with Crippen LogP contribution in [0.2, 0.25) is 0 Å². The van der Waals surface area contributed by atoms with Gasteiger partial charge in [0.05, 0.1) is 18.6 Å². The molecule has 1 N–H and O–H groups in total. The molecule has 0 saturated heterocycles. The molecule has 0 bridgehead atoms. The smallest absolute Gasteiger partial charge is 0.418 e. The molecule has 2 rings (SSSR count). The lowest BCUT2D eigenvalue weighted by Crippen LogP contribution is -2.47. The van der Waals surface area contributed by atoms with Crippen LogP contribution in [0.25, 0.3) is 0 Å². The van der Waals surface area contributed by atoms with E-state index in [-0.39, 0.29) is 23.8 Å². The normalized spacial score (nSPS) is 16.8. The number of carbonyl (C=O) groups is 3. The molecule has 0 aliphatic carbocycles. The predicted octanol–water partition coefficient (Wildman–Crippen LogP) is 3.64. The maximum Gasteiger partial charge on any atom is 0.418 e. The number of hydrogen-bond acceptors (Lipinski definition) is 7. The number of benzene rings is 1. The van der Waals surface area contributed by atoms with Crippen molar-refractivity contribution in [2.24, 2.45) is 5.92 Å². The summed E-state index contributed by atoms with van der Waals surface area (Å²) in [6, 6.07) is 5.02. The van der Waals surface area contributed by atoms with Gasteiger partial charge in [-0.05, 0) is 32.3 Å². The van der Waals surface area contributed by atoms with E-state index >= 15 is 0 Å². The van der Waals surface area contributed by atoms with Crippen LogP contribution >= 0.6 is 0 Å². The van der Waals surface area contributed by atoms with Gasteiger partial charge in [-0.25, -0.2) is 9.59 Å². The van der Waals surface area contributed by atoms with E-state index in [9.17, 15) is 24.5 Å². The maximum absolute atomic E-state index is 13.5. The van der Waals surface area contributed by atoms with Crippen molar-refractivity contribution in [1.82, 2.24) is 10.2 Å². The zero-order valence-corrected chi connectivity index (χ0v) is 19.6. The van der Waals surface area contributed by atoms with E-state index in [0.29, 0.717) is 17.0 Å². The van der Waals surface area contributed by atoms with Gasteiger partial charge in [0.2, 0.25) is 0 Å². The molecule has 2 atom stereocenters. The number of nitrogens with one attached hydrogen (secondary N) is 1.